The monoisotopic (exact) mass is 266 g/mol. The maximum Gasteiger partial charge on any atom is 0.165 e. The van der Waals surface area contributed by atoms with Gasteiger partial charge in [0.25, 0.3) is 0 Å². The number of benzene rings is 1. The largest absolute Gasteiger partial charge is 0.396 e. The fraction of sp³-hybridized carbons (Fsp3) is 0.250. The number of aryl methyl sites for hydroxylation is 1. The van der Waals surface area contributed by atoms with Gasteiger partial charge in [0.15, 0.2) is 5.69 Å². The summed E-state index contributed by atoms with van der Waals surface area (Å²) in [5, 5.41) is 8.96. The number of rotatable bonds is 4. The number of aromatic nitrogens is 1. The van der Waals surface area contributed by atoms with Crippen molar-refractivity contribution < 1.29 is 0 Å². The van der Waals surface area contributed by atoms with Gasteiger partial charge >= 0.3 is 0 Å². The predicted molar refractivity (Wildman–Crippen MR) is 81.3 cm³/mol. The Kier molecular flexibility index (Phi) is 4.21. The zero-order chi connectivity index (χ0) is 14.5. The molecule has 0 aliphatic rings. The molecule has 0 fully saturated rings. The van der Waals surface area contributed by atoms with Crippen molar-refractivity contribution in [1.29, 1.82) is 5.26 Å². The van der Waals surface area contributed by atoms with Crippen LogP contribution in [0.5, 0.6) is 0 Å². The SMILES string of the molecule is CCc1ccc(CN(C)c2ccc(N)c(C#N)n2)cc1. The predicted octanol–water partition coefficient (Wildman–Crippen LogP) is 2.73. The molecule has 2 aromatic rings. The second-order valence-corrected chi connectivity index (χ2v) is 4.75. The molecular weight excluding hydrogens is 248 g/mol. The molecule has 2 rings (SSSR count). The number of hydrogen-bond donors (Lipinski definition) is 1. The van der Waals surface area contributed by atoms with E-state index in [4.69, 9.17) is 11.0 Å². The first-order valence-electron chi connectivity index (χ1n) is 6.59. The molecule has 0 amide bonds. The maximum atomic E-state index is 8.96. The molecule has 1 aromatic heterocycles. The summed E-state index contributed by atoms with van der Waals surface area (Å²) >= 11 is 0. The minimum Gasteiger partial charge on any atom is -0.396 e. The van der Waals surface area contributed by atoms with Crippen molar-refractivity contribution in [3.05, 3.63) is 53.2 Å². The van der Waals surface area contributed by atoms with Gasteiger partial charge in [-0.3, -0.25) is 0 Å². The zero-order valence-electron chi connectivity index (χ0n) is 11.8. The quantitative estimate of drug-likeness (QED) is 0.924. The lowest BCUT2D eigenvalue weighted by atomic mass is 10.1. The van der Waals surface area contributed by atoms with E-state index in [1.54, 1.807) is 6.07 Å². The maximum absolute atomic E-state index is 8.96. The van der Waals surface area contributed by atoms with Crippen LogP contribution in [0.15, 0.2) is 36.4 Å². The number of hydrogen-bond acceptors (Lipinski definition) is 4. The molecule has 4 heteroatoms. The molecule has 20 heavy (non-hydrogen) atoms. The van der Waals surface area contributed by atoms with Gasteiger partial charge in [-0.2, -0.15) is 5.26 Å². The highest BCUT2D eigenvalue weighted by Crippen LogP contribution is 2.17. The van der Waals surface area contributed by atoms with E-state index in [0.717, 1.165) is 18.8 Å². The summed E-state index contributed by atoms with van der Waals surface area (Å²) in [5.41, 5.74) is 8.91. The van der Waals surface area contributed by atoms with E-state index in [9.17, 15) is 0 Å². The summed E-state index contributed by atoms with van der Waals surface area (Å²) in [4.78, 5) is 6.26. The van der Waals surface area contributed by atoms with Gasteiger partial charge in [0.05, 0.1) is 5.69 Å². The third kappa shape index (κ3) is 3.07. The van der Waals surface area contributed by atoms with E-state index < -0.39 is 0 Å². The molecule has 0 spiro atoms. The van der Waals surface area contributed by atoms with Gasteiger partial charge in [0, 0.05) is 13.6 Å². The minimum atomic E-state index is 0.274. The number of nitrogens with zero attached hydrogens (tertiary/aromatic N) is 3. The van der Waals surface area contributed by atoms with Gasteiger partial charge in [0.1, 0.15) is 11.9 Å². The standard InChI is InChI=1S/C16H18N4/c1-3-12-4-6-13(7-5-12)11-20(2)16-9-8-14(18)15(10-17)19-16/h4-9H,3,11,18H2,1-2H3. The van der Waals surface area contributed by atoms with E-state index in [1.165, 1.54) is 11.1 Å². The molecule has 102 valence electrons. The van der Waals surface area contributed by atoms with Crippen LogP contribution in [0.25, 0.3) is 0 Å². The van der Waals surface area contributed by atoms with Crippen LogP contribution < -0.4 is 10.6 Å². The van der Waals surface area contributed by atoms with Crippen molar-refractivity contribution in [3.8, 4) is 6.07 Å². The molecule has 4 nitrogen and oxygen atoms in total. The molecule has 0 radical (unpaired) electrons. The van der Waals surface area contributed by atoms with E-state index in [2.05, 4.69) is 36.2 Å². The summed E-state index contributed by atoms with van der Waals surface area (Å²) in [7, 11) is 1.95. The number of anilines is 2. The topological polar surface area (TPSA) is 65.9 Å². The lowest BCUT2D eigenvalue weighted by Crippen LogP contribution is -2.18. The van der Waals surface area contributed by atoms with Crippen LogP contribution in [0.4, 0.5) is 11.5 Å². The van der Waals surface area contributed by atoms with Gasteiger partial charge in [-0.15, -0.1) is 0 Å². The van der Waals surface area contributed by atoms with Crippen LogP contribution in [0.3, 0.4) is 0 Å². The molecule has 1 heterocycles. The summed E-state index contributed by atoms with van der Waals surface area (Å²) in [5.74, 6) is 0.746. The molecule has 0 aliphatic carbocycles. The molecule has 0 bridgehead atoms. The Hall–Kier alpha value is -2.54. The lowest BCUT2D eigenvalue weighted by Gasteiger charge is -2.18. The Labute approximate surface area is 119 Å². The van der Waals surface area contributed by atoms with Crippen molar-refractivity contribution in [1.82, 2.24) is 4.98 Å². The summed E-state index contributed by atoms with van der Waals surface area (Å²) in [6.45, 7) is 2.88. The fourth-order valence-corrected chi connectivity index (χ4v) is 2.00. The third-order valence-electron chi connectivity index (χ3n) is 3.26. The first kappa shape index (κ1) is 13.9. The number of nitrogens with two attached hydrogens (primary N) is 1. The van der Waals surface area contributed by atoms with E-state index >= 15 is 0 Å². The first-order chi connectivity index (χ1) is 9.63. The van der Waals surface area contributed by atoms with Gasteiger partial charge in [-0.1, -0.05) is 31.2 Å². The molecule has 0 saturated heterocycles. The van der Waals surface area contributed by atoms with Gasteiger partial charge in [0.2, 0.25) is 0 Å². The second kappa shape index (κ2) is 6.07. The van der Waals surface area contributed by atoms with Crippen molar-refractivity contribution in [3.63, 3.8) is 0 Å². The van der Waals surface area contributed by atoms with E-state index in [-0.39, 0.29) is 5.69 Å². The molecule has 1 aromatic carbocycles. The molecular formula is C16H18N4. The average Bonchev–Trinajstić information content (AvgIpc) is 2.48. The van der Waals surface area contributed by atoms with Crippen LogP contribution in [-0.2, 0) is 13.0 Å². The lowest BCUT2D eigenvalue weighted by molar-refractivity contribution is 0.895. The van der Waals surface area contributed by atoms with Crippen LogP contribution in [0, 0.1) is 11.3 Å². The molecule has 0 atom stereocenters. The van der Waals surface area contributed by atoms with Crippen LogP contribution in [0.2, 0.25) is 0 Å². The minimum absolute atomic E-state index is 0.274. The number of nitriles is 1. The molecule has 2 N–H and O–H groups in total. The van der Waals surface area contributed by atoms with Gasteiger partial charge in [-0.05, 0) is 29.7 Å². The Morgan fingerprint density at radius 2 is 1.80 bits per heavy atom. The first-order valence-corrected chi connectivity index (χ1v) is 6.59. The van der Waals surface area contributed by atoms with Crippen molar-refractivity contribution in [2.24, 2.45) is 0 Å². The average molecular weight is 266 g/mol. The van der Waals surface area contributed by atoms with Crippen LogP contribution in [0.1, 0.15) is 23.7 Å². The molecule has 0 saturated carbocycles. The van der Waals surface area contributed by atoms with E-state index in [0.29, 0.717) is 5.69 Å². The van der Waals surface area contributed by atoms with Crippen molar-refractivity contribution >= 4 is 11.5 Å². The second-order valence-electron chi connectivity index (χ2n) is 4.75. The molecule has 0 aliphatic heterocycles. The van der Waals surface area contributed by atoms with Gasteiger partial charge in [-0.25, -0.2) is 4.98 Å². The highest BCUT2D eigenvalue weighted by Gasteiger charge is 2.07. The number of nitrogen functional groups attached to an aromatic ring is 1. The summed E-state index contributed by atoms with van der Waals surface area (Å²) < 4.78 is 0. The highest BCUT2D eigenvalue weighted by atomic mass is 15.2. The normalized spacial score (nSPS) is 10.1. The Bertz CT molecular complexity index is 626. The van der Waals surface area contributed by atoms with Crippen LogP contribution >= 0.6 is 0 Å². The Morgan fingerprint density at radius 1 is 1.15 bits per heavy atom. The third-order valence-corrected chi connectivity index (χ3v) is 3.26. The number of pyridine rings is 1. The fourth-order valence-electron chi connectivity index (χ4n) is 2.00. The zero-order valence-corrected chi connectivity index (χ0v) is 11.8. The summed E-state index contributed by atoms with van der Waals surface area (Å²) in [6.07, 6.45) is 1.04. The van der Waals surface area contributed by atoms with Crippen LogP contribution in [-0.4, -0.2) is 12.0 Å². The smallest absolute Gasteiger partial charge is 0.165 e. The van der Waals surface area contributed by atoms with Gasteiger partial charge < -0.3 is 10.6 Å². The van der Waals surface area contributed by atoms with Crippen molar-refractivity contribution in [2.75, 3.05) is 17.7 Å². The van der Waals surface area contributed by atoms with Crippen molar-refractivity contribution in [2.45, 2.75) is 19.9 Å². The summed E-state index contributed by atoms with van der Waals surface area (Å²) in [6, 6.07) is 14.1. The van der Waals surface area contributed by atoms with E-state index in [1.807, 2.05) is 24.1 Å². The molecule has 0 unspecified atom stereocenters. The highest BCUT2D eigenvalue weighted by molar-refractivity contribution is 5.55. The Balaban J connectivity index is 2.15. The Morgan fingerprint density at radius 3 is 2.40 bits per heavy atom.